The molecule has 0 saturated carbocycles. The van der Waals surface area contributed by atoms with Crippen LogP contribution in [-0.4, -0.2) is 24.0 Å². The van der Waals surface area contributed by atoms with E-state index in [9.17, 15) is 4.79 Å². The number of hydrogen-bond donors (Lipinski definition) is 1. The van der Waals surface area contributed by atoms with Crippen LogP contribution in [-0.2, 0) is 4.79 Å². The van der Waals surface area contributed by atoms with Crippen LogP contribution in [0.4, 0.5) is 0 Å². The summed E-state index contributed by atoms with van der Waals surface area (Å²) in [7, 11) is 0. The minimum atomic E-state index is -0.0750. The van der Waals surface area contributed by atoms with Crippen molar-refractivity contribution >= 4 is 17.7 Å². The molecule has 0 spiro atoms. The van der Waals surface area contributed by atoms with Gasteiger partial charge < -0.3 is 5.32 Å². The van der Waals surface area contributed by atoms with Crippen LogP contribution >= 0.6 is 11.8 Å². The van der Waals surface area contributed by atoms with Crippen LogP contribution in [0.15, 0.2) is 0 Å². The molecule has 1 amide bonds. The van der Waals surface area contributed by atoms with Crippen LogP contribution in [0.25, 0.3) is 0 Å². The maximum atomic E-state index is 10.8. The highest BCUT2D eigenvalue weighted by molar-refractivity contribution is 7.99. The second-order valence-corrected chi connectivity index (χ2v) is 2.93. The molecule has 4 heteroatoms. The average molecular weight is 158 g/mol. The van der Waals surface area contributed by atoms with E-state index in [0.29, 0.717) is 0 Å². The standard InChI is InChI=1S/C6H10N2OS/c1-5(10-2)6(9)8-4-3-7/h5H,4H2,1-2H3,(H,8,9). The minimum Gasteiger partial charge on any atom is -0.342 e. The van der Waals surface area contributed by atoms with Gasteiger partial charge >= 0.3 is 0 Å². The molecular formula is C6H10N2OS. The maximum Gasteiger partial charge on any atom is 0.233 e. The van der Waals surface area contributed by atoms with Gasteiger partial charge in [0.15, 0.2) is 0 Å². The van der Waals surface area contributed by atoms with Crippen molar-refractivity contribution < 1.29 is 4.79 Å². The van der Waals surface area contributed by atoms with Crippen molar-refractivity contribution in [2.75, 3.05) is 12.8 Å². The number of carbonyl (C=O) groups excluding carboxylic acids is 1. The molecule has 0 aliphatic carbocycles. The Morgan fingerprint density at radius 1 is 1.90 bits per heavy atom. The van der Waals surface area contributed by atoms with Crippen LogP contribution in [0.2, 0.25) is 0 Å². The van der Waals surface area contributed by atoms with Gasteiger partial charge in [-0.25, -0.2) is 0 Å². The third kappa shape index (κ3) is 3.36. The summed E-state index contributed by atoms with van der Waals surface area (Å²) in [6, 6.07) is 1.84. The van der Waals surface area contributed by atoms with Crippen molar-refractivity contribution in [3.8, 4) is 6.07 Å². The van der Waals surface area contributed by atoms with Crippen LogP contribution in [0.5, 0.6) is 0 Å². The largest absolute Gasteiger partial charge is 0.342 e. The van der Waals surface area contributed by atoms with E-state index < -0.39 is 0 Å². The van der Waals surface area contributed by atoms with Gasteiger partial charge in [-0.3, -0.25) is 4.79 Å². The second kappa shape index (κ2) is 5.12. The van der Waals surface area contributed by atoms with Crippen molar-refractivity contribution in [2.45, 2.75) is 12.2 Å². The molecule has 0 aliphatic heterocycles. The van der Waals surface area contributed by atoms with E-state index >= 15 is 0 Å². The SMILES string of the molecule is CSC(C)C(=O)NCC#N. The summed E-state index contributed by atoms with van der Waals surface area (Å²) in [5, 5.41) is 10.5. The van der Waals surface area contributed by atoms with Gasteiger partial charge in [0.1, 0.15) is 6.54 Å². The van der Waals surface area contributed by atoms with Crippen LogP contribution in [0.1, 0.15) is 6.92 Å². The Balaban J connectivity index is 3.54. The Kier molecular flexibility index (Phi) is 4.77. The van der Waals surface area contributed by atoms with E-state index in [2.05, 4.69) is 5.32 Å². The first-order valence-corrected chi connectivity index (χ1v) is 4.18. The first-order valence-electron chi connectivity index (χ1n) is 2.89. The number of thioether (sulfide) groups is 1. The van der Waals surface area contributed by atoms with Crippen molar-refractivity contribution in [2.24, 2.45) is 0 Å². The Labute approximate surface area is 64.8 Å². The van der Waals surface area contributed by atoms with Crippen LogP contribution in [0.3, 0.4) is 0 Å². The highest BCUT2D eigenvalue weighted by Gasteiger charge is 2.08. The number of nitriles is 1. The number of amides is 1. The van der Waals surface area contributed by atoms with Crippen molar-refractivity contribution in [3.63, 3.8) is 0 Å². The van der Waals surface area contributed by atoms with Gasteiger partial charge in [-0.1, -0.05) is 0 Å². The Morgan fingerprint density at radius 3 is 2.90 bits per heavy atom. The summed E-state index contributed by atoms with van der Waals surface area (Å²) >= 11 is 1.46. The molecule has 0 aromatic rings. The van der Waals surface area contributed by atoms with Crippen LogP contribution < -0.4 is 5.32 Å². The van der Waals surface area contributed by atoms with Gasteiger partial charge in [-0.2, -0.15) is 17.0 Å². The van der Waals surface area contributed by atoms with Crippen LogP contribution in [0, 0.1) is 11.3 Å². The number of carbonyl (C=O) groups is 1. The first-order chi connectivity index (χ1) is 4.72. The van der Waals surface area contributed by atoms with Gasteiger partial charge in [0.2, 0.25) is 5.91 Å². The lowest BCUT2D eigenvalue weighted by molar-refractivity contribution is -0.120. The fraction of sp³-hybridized carbons (Fsp3) is 0.667. The lowest BCUT2D eigenvalue weighted by Crippen LogP contribution is -2.30. The molecule has 1 atom stereocenters. The zero-order valence-corrected chi connectivity index (χ0v) is 6.86. The highest BCUT2D eigenvalue weighted by atomic mass is 32.2. The average Bonchev–Trinajstić information content (AvgIpc) is 1.98. The topological polar surface area (TPSA) is 52.9 Å². The summed E-state index contributed by atoms with van der Waals surface area (Å²) in [6.07, 6.45) is 1.86. The molecule has 1 N–H and O–H groups in total. The predicted octanol–water partition coefficient (Wildman–Crippen LogP) is 0.378. The fourth-order valence-corrected chi connectivity index (χ4v) is 0.675. The quantitative estimate of drug-likeness (QED) is 0.604. The summed E-state index contributed by atoms with van der Waals surface area (Å²) in [6.45, 7) is 1.90. The summed E-state index contributed by atoms with van der Waals surface area (Å²) in [4.78, 5) is 10.8. The molecule has 0 fully saturated rings. The summed E-state index contributed by atoms with van der Waals surface area (Å²) < 4.78 is 0. The van der Waals surface area contributed by atoms with Gasteiger partial charge in [0.25, 0.3) is 0 Å². The Bertz CT molecular complexity index is 152. The smallest absolute Gasteiger partial charge is 0.233 e. The zero-order chi connectivity index (χ0) is 7.98. The van der Waals surface area contributed by atoms with E-state index in [0.717, 1.165) is 0 Å². The minimum absolute atomic E-state index is 0.0617. The van der Waals surface area contributed by atoms with Gasteiger partial charge in [0, 0.05) is 0 Å². The van der Waals surface area contributed by atoms with E-state index in [1.54, 1.807) is 6.92 Å². The molecule has 0 heterocycles. The number of rotatable bonds is 3. The summed E-state index contributed by atoms with van der Waals surface area (Å²) in [5.41, 5.74) is 0. The third-order valence-electron chi connectivity index (χ3n) is 1.06. The highest BCUT2D eigenvalue weighted by Crippen LogP contribution is 2.03. The lowest BCUT2D eigenvalue weighted by atomic mass is 10.4. The first kappa shape index (κ1) is 9.31. The van der Waals surface area contributed by atoms with E-state index in [4.69, 9.17) is 5.26 Å². The monoisotopic (exact) mass is 158 g/mol. The molecule has 0 bridgehead atoms. The molecule has 3 nitrogen and oxygen atoms in total. The van der Waals surface area contributed by atoms with E-state index in [-0.39, 0.29) is 17.7 Å². The molecule has 0 aromatic carbocycles. The Hall–Kier alpha value is -0.690. The van der Waals surface area contributed by atoms with Gasteiger partial charge in [-0.05, 0) is 13.2 Å². The fourth-order valence-electron chi connectivity index (χ4n) is 0.377. The lowest BCUT2D eigenvalue weighted by Gasteiger charge is -2.05. The van der Waals surface area contributed by atoms with Crippen molar-refractivity contribution in [1.82, 2.24) is 5.32 Å². The molecule has 0 rings (SSSR count). The summed E-state index contributed by atoms with van der Waals surface area (Å²) in [5.74, 6) is -0.0750. The zero-order valence-electron chi connectivity index (χ0n) is 6.05. The molecule has 0 aromatic heterocycles. The number of nitrogens with zero attached hydrogens (tertiary/aromatic N) is 1. The number of nitrogens with one attached hydrogen (secondary N) is 1. The molecule has 1 unspecified atom stereocenters. The normalized spacial score (nSPS) is 11.7. The Morgan fingerprint density at radius 2 is 2.50 bits per heavy atom. The second-order valence-electron chi connectivity index (χ2n) is 1.75. The van der Waals surface area contributed by atoms with Crippen molar-refractivity contribution in [1.29, 1.82) is 5.26 Å². The van der Waals surface area contributed by atoms with Gasteiger partial charge in [-0.15, -0.1) is 0 Å². The molecule has 0 aliphatic rings. The molecule has 0 saturated heterocycles. The van der Waals surface area contributed by atoms with E-state index in [1.807, 2.05) is 12.3 Å². The van der Waals surface area contributed by atoms with Gasteiger partial charge in [0.05, 0.1) is 11.3 Å². The van der Waals surface area contributed by atoms with Crippen molar-refractivity contribution in [3.05, 3.63) is 0 Å². The van der Waals surface area contributed by atoms with E-state index in [1.165, 1.54) is 11.8 Å². The predicted molar refractivity (Wildman–Crippen MR) is 41.6 cm³/mol. The molecule has 10 heavy (non-hydrogen) atoms. The molecule has 0 radical (unpaired) electrons. The molecular weight excluding hydrogens is 148 g/mol. The number of hydrogen-bond acceptors (Lipinski definition) is 3. The maximum absolute atomic E-state index is 10.8. The third-order valence-corrected chi connectivity index (χ3v) is 1.99. The molecule has 56 valence electrons.